The average Bonchev–Trinajstić information content (AvgIpc) is 3.38. The van der Waals surface area contributed by atoms with Crippen LogP contribution in [0.15, 0.2) is 69.1 Å². The third kappa shape index (κ3) is 3.36. The number of carbonyl (C=O) groups excluding carboxylic acids is 1. The van der Waals surface area contributed by atoms with Crippen molar-refractivity contribution in [3.63, 3.8) is 0 Å². The Balaban J connectivity index is 1.54. The van der Waals surface area contributed by atoms with Crippen LogP contribution in [0.2, 0.25) is 0 Å². The van der Waals surface area contributed by atoms with Gasteiger partial charge in [0.15, 0.2) is 5.76 Å². The molecular formula is C18H13N3O3S. The zero-order chi connectivity index (χ0) is 17.1. The van der Waals surface area contributed by atoms with Crippen LogP contribution in [0.3, 0.4) is 0 Å². The molecule has 0 fully saturated rings. The van der Waals surface area contributed by atoms with Crippen LogP contribution in [-0.4, -0.2) is 16.0 Å². The summed E-state index contributed by atoms with van der Waals surface area (Å²) >= 11 is 1.40. The molecule has 1 aromatic carbocycles. The van der Waals surface area contributed by atoms with E-state index >= 15 is 0 Å². The lowest BCUT2D eigenvalue weighted by molar-refractivity contribution is 0.103. The summed E-state index contributed by atoms with van der Waals surface area (Å²) in [4.78, 5) is 17.3. The number of amides is 1. The molecule has 4 aromatic rings. The molecule has 0 unspecified atom stereocenters. The highest BCUT2D eigenvalue weighted by atomic mass is 32.1. The monoisotopic (exact) mass is 351 g/mol. The van der Waals surface area contributed by atoms with Gasteiger partial charge in [0.1, 0.15) is 0 Å². The van der Waals surface area contributed by atoms with Crippen LogP contribution >= 0.6 is 11.3 Å². The molecule has 0 bridgehead atoms. The molecule has 1 amide bonds. The summed E-state index contributed by atoms with van der Waals surface area (Å²) < 4.78 is 10.6. The molecule has 0 aliphatic carbocycles. The Bertz CT molecular complexity index is 975. The summed E-state index contributed by atoms with van der Waals surface area (Å²) in [7, 11) is 0. The number of rotatable bonds is 5. The maximum absolute atomic E-state index is 12.3. The van der Waals surface area contributed by atoms with E-state index in [1.807, 2.05) is 35.7 Å². The molecule has 1 N–H and O–H groups in total. The Labute approximate surface area is 147 Å². The van der Waals surface area contributed by atoms with Crippen molar-refractivity contribution in [1.82, 2.24) is 10.1 Å². The van der Waals surface area contributed by atoms with Crippen LogP contribution in [0.5, 0.6) is 0 Å². The zero-order valence-electron chi connectivity index (χ0n) is 13.0. The Kier molecular flexibility index (Phi) is 4.14. The number of hydrogen-bond donors (Lipinski definition) is 1. The standard InChI is InChI=1S/C18H13N3O3S/c22-18(15-8-4-10-25-15)19-13-6-2-1-5-12(13)11-16-20-17(21-24-16)14-7-3-9-23-14/h1-10H,11H2,(H,19,22). The molecule has 0 saturated carbocycles. The van der Waals surface area contributed by atoms with E-state index in [1.165, 1.54) is 11.3 Å². The molecular weight excluding hydrogens is 338 g/mol. The van der Waals surface area contributed by atoms with Gasteiger partial charge in [-0.05, 0) is 35.2 Å². The number of para-hydroxylation sites is 1. The summed E-state index contributed by atoms with van der Waals surface area (Å²) in [5.41, 5.74) is 1.61. The van der Waals surface area contributed by atoms with Gasteiger partial charge in [-0.2, -0.15) is 4.98 Å². The molecule has 0 aliphatic rings. The van der Waals surface area contributed by atoms with Gasteiger partial charge in [0, 0.05) is 5.69 Å². The third-order valence-electron chi connectivity index (χ3n) is 3.56. The van der Waals surface area contributed by atoms with E-state index in [-0.39, 0.29) is 5.91 Å². The number of nitrogens with one attached hydrogen (secondary N) is 1. The first-order chi connectivity index (χ1) is 12.3. The van der Waals surface area contributed by atoms with Gasteiger partial charge >= 0.3 is 0 Å². The number of carbonyl (C=O) groups is 1. The number of anilines is 1. The predicted octanol–water partition coefficient (Wildman–Crippen LogP) is 4.23. The van der Waals surface area contributed by atoms with Crippen molar-refractivity contribution in [3.8, 4) is 11.6 Å². The van der Waals surface area contributed by atoms with E-state index < -0.39 is 0 Å². The molecule has 25 heavy (non-hydrogen) atoms. The molecule has 4 rings (SSSR count). The molecule has 3 heterocycles. The van der Waals surface area contributed by atoms with Crippen LogP contribution in [0, 0.1) is 0 Å². The van der Waals surface area contributed by atoms with Gasteiger partial charge in [-0.3, -0.25) is 4.79 Å². The van der Waals surface area contributed by atoms with Crippen molar-refractivity contribution in [2.75, 3.05) is 5.32 Å². The zero-order valence-corrected chi connectivity index (χ0v) is 13.8. The molecule has 0 atom stereocenters. The van der Waals surface area contributed by atoms with E-state index in [0.29, 0.717) is 28.8 Å². The highest BCUT2D eigenvalue weighted by molar-refractivity contribution is 7.12. The lowest BCUT2D eigenvalue weighted by atomic mass is 10.1. The quantitative estimate of drug-likeness (QED) is 0.582. The van der Waals surface area contributed by atoms with Crippen molar-refractivity contribution in [1.29, 1.82) is 0 Å². The van der Waals surface area contributed by atoms with Crippen molar-refractivity contribution < 1.29 is 13.7 Å². The molecule has 6 nitrogen and oxygen atoms in total. The van der Waals surface area contributed by atoms with Gasteiger partial charge in [-0.15, -0.1) is 11.3 Å². The topological polar surface area (TPSA) is 81.2 Å². The number of aromatic nitrogens is 2. The molecule has 0 aliphatic heterocycles. The average molecular weight is 351 g/mol. The second-order valence-electron chi connectivity index (χ2n) is 5.25. The summed E-state index contributed by atoms with van der Waals surface area (Å²) in [5.74, 6) is 1.27. The highest BCUT2D eigenvalue weighted by Crippen LogP contribution is 2.22. The molecule has 7 heteroatoms. The second-order valence-corrected chi connectivity index (χ2v) is 6.20. The fourth-order valence-electron chi connectivity index (χ4n) is 2.38. The largest absolute Gasteiger partial charge is 0.461 e. The van der Waals surface area contributed by atoms with Crippen LogP contribution in [-0.2, 0) is 6.42 Å². The molecule has 0 spiro atoms. The van der Waals surface area contributed by atoms with Gasteiger partial charge < -0.3 is 14.3 Å². The third-order valence-corrected chi connectivity index (χ3v) is 4.43. The van der Waals surface area contributed by atoms with E-state index in [4.69, 9.17) is 8.94 Å². The number of thiophene rings is 1. The van der Waals surface area contributed by atoms with Crippen molar-refractivity contribution in [2.45, 2.75) is 6.42 Å². The Hall–Kier alpha value is -3.19. The van der Waals surface area contributed by atoms with Crippen LogP contribution < -0.4 is 5.32 Å². The lowest BCUT2D eigenvalue weighted by Gasteiger charge is -2.08. The lowest BCUT2D eigenvalue weighted by Crippen LogP contribution is -2.11. The summed E-state index contributed by atoms with van der Waals surface area (Å²) in [5, 5.41) is 8.72. The van der Waals surface area contributed by atoms with E-state index in [2.05, 4.69) is 15.5 Å². The minimum absolute atomic E-state index is 0.135. The van der Waals surface area contributed by atoms with Gasteiger partial charge in [0.05, 0.1) is 17.6 Å². The van der Waals surface area contributed by atoms with Gasteiger partial charge in [0.25, 0.3) is 5.91 Å². The van der Waals surface area contributed by atoms with Crippen molar-refractivity contribution in [3.05, 3.63) is 76.5 Å². The maximum Gasteiger partial charge on any atom is 0.265 e. The predicted molar refractivity (Wildman–Crippen MR) is 93.5 cm³/mol. The second kappa shape index (κ2) is 6.74. The smallest absolute Gasteiger partial charge is 0.265 e. The summed E-state index contributed by atoms with van der Waals surface area (Å²) in [6.45, 7) is 0. The first-order valence-electron chi connectivity index (χ1n) is 7.59. The molecule has 124 valence electrons. The fourth-order valence-corrected chi connectivity index (χ4v) is 3.00. The fraction of sp³-hybridized carbons (Fsp3) is 0.0556. The maximum atomic E-state index is 12.3. The van der Waals surface area contributed by atoms with E-state index in [9.17, 15) is 4.79 Å². The van der Waals surface area contributed by atoms with Gasteiger partial charge in [-0.1, -0.05) is 29.4 Å². The Morgan fingerprint density at radius 1 is 1.12 bits per heavy atom. The number of hydrogen-bond acceptors (Lipinski definition) is 6. The Morgan fingerprint density at radius 2 is 2.04 bits per heavy atom. The van der Waals surface area contributed by atoms with E-state index in [1.54, 1.807) is 24.5 Å². The first-order valence-corrected chi connectivity index (χ1v) is 8.47. The molecule has 3 aromatic heterocycles. The molecule has 0 radical (unpaired) electrons. The van der Waals surface area contributed by atoms with Crippen molar-refractivity contribution in [2.24, 2.45) is 0 Å². The van der Waals surface area contributed by atoms with Gasteiger partial charge in [-0.25, -0.2) is 0 Å². The first kappa shape index (κ1) is 15.3. The van der Waals surface area contributed by atoms with E-state index in [0.717, 1.165) is 11.3 Å². The summed E-state index contributed by atoms with van der Waals surface area (Å²) in [6.07, 6.45) is 1.97. The van der Waals surface area contributed by atoms with Gasteiger partial charge in [0.2, 0.25) is 11.7 Å². The number of furan rings is 1. The summed E-state index contributed by atoms with van der Waals surface area (Å²) in [6, 6.07) is 14.7. The number of nitrogens with zero attached hydrogens (tertiary/aromatic N) is 2. The minimum atomic E-state index is -0.135. The normalized spacial score (nSPS) is 10.7. The van der Waals surface area contributed by atoms with Crippen LogP contribution in [0.4, 0.5) is 5.69 Å². The van der Waals surface area contributed by atoms with Crippen molar-refractivity contribution >= 4 is 22.9 Å². The number of benzene rings is 1. The molecule has 0 saturated heterocycles. The van der Waals surface area contributed by atoms with Crippen LogP contribution in [0.25, 0.3) is 11.6 Å². The minimum Gasteiger partial charge on any atom is -0.461 e. The van der Waals surface area contributed by atoms with Crippen LogP contribution in [0.1, 0.15) is 21.1 Å². The SMILES string of the molecule is O=C(Nc1ccccc1Cc1nc(-c2ccco2)no1)c1cccs1. The highest BCUT2D eigenvalue weighted by Gasteiger charge is 2.14. The Morgan fingerprint density at radius 3 is 2.84 bits per heavy atom.